The molecule has 1 fully saturated rings. The molecule has 0 aliphatic carbocycles. The fourth-order valence-corrected chi connectivity index (χ4v) is 4.50. The van der Waals surface area contributed by atoms with Gasteiger partial charge in [-0.05, 0) is 63.1 Å². The van der Waals surface area contributed by atoms with Crippen molar-refractivity contribution in [1.29, 1.82) is 0 Å². The molecule has 8 nitrogen and oxygen atoms in total. The number of halogens is 2. The van der Waals surface area contributed by atoms with E-state index in [-0.39, 0.29) is 5.56 Å². The summed E-state index contributed by atoms with van der Waals surface area (Å²) < 4.78 is 25.5. The van der Waals surface area contributed by atoms with E-state index in [2.05, 4.69) is 45.6 Å². The van der Waals surface area contributed by atoms with Crippen LogP contribution in [0.3, 0.4) is 0 Å². The molecule has 3 heterocycles. The number of benzene rings is 2. The van der Waals surface area contributed by atoms with Crippen molar-refractivity contribution in [1.82, 2.24) is 14.3 Å². The van der Waals surface area contributed by atoms with Crippen LogP contribution < -0.4 is 26.1 Å². The molecular weight excluding hydrogens is 500 g/mol. The minimum atomic E-state index is -2.50. The molecule has 4 N–H and O–H groups in total. The summed E-state index contributed by atoms with van der Waals surface area (Å²) in [5.41, 5.74) is 5.90. The van der Waals surface area contributed by atoms with Crippen LogP contribution in [0.1, 0.15) is 38.8 Å². The van der Waals surface area contributed by atoms with Gasteiger partial charge < -0.3 is 10.2 Å². The van der Waals surface area contributed by atoms with Gasteiger partial charge in [-0.2, -0.15) is 0 Å². The number of alkyl halides is 2. The van der Waals surface area contributed by atoms with Crippen LogP contribution >= 0.6 is 0 Å². The molecule has 2 aromatic heterocycles. The largest absolute Gasteiger partial charge is 0.396 e. The summed E-state index contributed by atoms with van der Waals surface area (Å²) in [6, 6.07) is 14.3. The van der Waals surface area contributed by atoms with Crippen LogP contribution in [0.25, 0.3) is 16.7 Å². The summed E-state index contributed by atoms with van der Waals surface area (Å²) in [5, 5.41) is 6.27. The number of quaternary nitrogens is 1. The number of para-hydroxylation sites is 1. The molecule has 2 aromatic carbocycles. The number of aromatic nitrogens is 4. The molecule has 0 atom stereocenters. The minimum Gasteiger partial charge on any atom is -0.360 e. The fraction of sp³-hybridized carbons (Fsp3) is 0.414. The molecule has 5 rings (SSSR count). The summed E-state index contributed by atoms with van der Waals surface area (Å²) >= 11 is 0. The number of rotatable bonds is 4. The molecule has 4 aromatic rings. The molecule has 0 saturated carbocycles. The number of nitrogens with two attached hydrogens (primary N) is 1. The highest BCUT2D eigenvalue weighted by atomic mass is 19.3. The monoisotopic (exact) mass is 541 g/mol. The Morgan fingerprint density at radius 1 is 1.00 bits per heavy atom. The van der Waals surface area contributed by atoms with E-state index < -0.39 is 5.92 Å². The maximum absolute atomic E-state index is 13.1. The number of anilines is 3. The number of aryl methyl sites for hydroxylation is 3. The van der Waals surface area contributed by atoms with E-state index in [9.17, 15) is 13.6 Å². The highest BCUT2D eigenvalue weighted by molar-refractivity contribution is 5.75. The van der Waals surface area contributed by atoms with Crippen LogP contribution in [-0.4, -0.2) is 46.4 Å². The van der Waals surface area contributed by atoms with Crippen molar-refractivity contribution < 1.29 is 19.1 Å². The van der Waals surface area contributed by atoms with Gasteiger partial charge in [-0.25, -0.2) is 28.4 Å². The van der Waals surface area contributed by atoms with Crippen LogP contribution in [-0.2, 0) is 7.05 Å². The fourth-order valence-electron chi connectivity index (χ4n) is 4.50. The zero-order chi connectivity index (χ0) is 28.7. The van der Waals surface area contributed by atoms with Crippen molar-refractivity contribution in [3.8, 4) is 5.69 Å². The lowest BCUT2D eigenvalue weighted by Crippen LogP contribution is -2.89. The van der Waals surface area contributed by atoms with Gasteiger partial charge >= 0.3 is 5.95 Å². The Kier molecular flexibility index (Phi) is 9.80. The number of fused-ring (bicyclic) bond motifs is 1. The quantitative estimate of drug-likeness (QED) is 0.410. The molecular formula is C29H41F2N7O+2. The van der Waals surface area contributed by atoms with Gasteiger partial charge in [0.15, 0.2) is 0 Å². The maximum Gasteiger partial charge on any atom is 0.396 e. The van der Waals surface area contributed by atoms with E-state index in [4.69, 9.17) is 4.98 Å². The van der Waals surface area contributed by atoms with Crippen molar-refractivity contribution >= 4 is 28.4 Å². The average Bonchev–Trinajstić information content (AvgIpc) is 3.14. The second kappa shape index (κ2) is 12.8. The first-order chi connectivity index (χ1) is 18.5. The van der Waals surface area contributed by atoms with E-state index in [0.29, 0.717) is 17.0 Å². The average molecular weight is 542 g/mol. The zero-order valence-electron chi connectivity index (χ0n) is 24.0. The Hall–Kier alpha value is -3.79. The molecule has 0 amide bonds. The topological polar surface area (TPSA) is 85.8 Å². The van der Waals surface area contributed by atoms with E-state index in [0.717, 1.165) is 57.0 Å². The smallest absolute Gasteiger partial charge is 0.360 e. The summed E-state index contributed by atoms with van der Waals surface area (Å²) in [6.45, 7) is 14.3. The third-order valence-corrected chi connectivity index (χ3v) is 6.19. The Morgan fingerprint density at radius 3 is 2.26 bits per heavy atom. The molecule has 39 heavy (non-hydrogen) atoms. The molecule has 0 bridgehead atoms. The number of aromatic amines is 1. The standard InChI is InChI=1S/C24H27N7O.C3H6F2.C2H6/c1-16-6-4-5-7-21(16)31-23(32)19-15-26-24(28-22(19)29(31)3)27-18-8-9-20(17(2)14-18)30-12-10-25-11-13-30;1-3(2,4)5;1-2/h4-9,14-15,25H,10-13H2,1-3H3,(H,26,27,28);1-2H3;1-2H3/p+2. The minimum absolute atomic E-state index is 0.0916. The molecule has 1 aliphatic rings. The van der Waals surface area contributed by atoms with Crippen molar-refractivity contribution in [3.05, 3.63) is 70.1 Å². The van der Waals surface area contributed by atoms with Crippen molar-refractivity contribution in [3.63, 3.8) is 0 Å². The molecule has 0 spiro atoms. The summed E-state index contributed by atoms with van der Waals surface area (Å²) in [5.74, 6) is -1.91. The number of hydrogen-bond acceptors (Lipinski definition) is 4. The van der Waals surface area contributed by atoms with Crippen LogP contribution in [0.5, 0.6) is 0 Å². The lowest BCUT2D eigenvalue weighted by molar-refractivity contribution is -0.655. The van der Waals surface area contributed by atoms with Crippen molar-refractivity contribution in [2.45, 2.75) is 47.5 Å². The first kappa shape index (κ1) is 29.8. The third-order valence-electron chi connectivity index (χ3n) is 6.19. The number of H-pyrrole nitrogens is 1. The van der Waals surface area contributed by atoms with Crippen LogP contribution in [0.15, 0.2) is 53.5 Å². The van der Waals surface area contributed by atoms with Gasteiger partial charge in [-0.3, -0.25) is 4.79 Å². The zero-order valence-corrected chi connectivity index (χ0v) is 24.0. The molecule has 0 radical (unpaired) electrons. The van der Waals surface area contributed by atoms with Gasteiger partial charge in [0.05, 0.1) is 43.8 Å². The number of piperazine rings is 1. The Labute approximate surface area is 228 Å². The molecule has 0 unspecified atom stereocenters. The highest BCUT2D eigenvalue weighted by Crippen LogP contribution is 2.25. The van der Waals surface area contributed by atoms with Crippen molar-refractivity contribution in [2.75, 3.05) is 36.4 Å². The molecule has 210 valence electrons. The number of nitrogens with zero attached hydrogens (tertiary/aromatic N) is 4. The van der Waals surface area contributed by atoms with Crippen molar-refractivity contribution in [2.24, 2.45) is 7.05 Å². The Bertz CT molecular complexity index is 1440. The van der Waals surface area contributed by atoms with Gasteiger partial charge in [0.25, 0.3) is 5.56 Å². The number of hydrogen-bond donors (Lipinski definition) is 2. The van der Waals surface area contributed by atoms with Crippen LogP contribution in [0.4, 0.5) is 26.1 Å². The van der Waals surface area contributed by atoms with Gasteiger partial charge in [-0.1, -0.05) is 37.0 Å². The Balaban J connectivity index is 0.000000542. The van der Waals surface area contributed by atoms with E-state index in [1.54, 1.807) is 15.6 Å². The highest BCUT2D eigenvalue weighted by Gasteiger charge is 2.20. The van der Waals surface area contributed by atoms with Crippen LogP contribution in [0.2, 0.25) is 0 Å². The molecule has 1 aliphatic heterocycles. The third kappa shape index (κ3) is 7.41. The maximum atomic E-state index is 13.1. The van der Waals surface area contributed by atoms with E-state index >= 15 is 0 Å². The lowest BCUT2D eigenvalue weighted by Gasteiger charge is -2.28. The van der Waals surface area contributed by atoms with Gasteiger partial charge in [0, 0.05) is 12.7 Å². The van der Waals surface area contributed by atoms with E-state index in [1.807, 2.05) is 52.1 Å². The van der Waals surface area contributed by atoms with Gasteiger partial charge in [0.2, 0.25) is 11.6 Å². The molecule has 1 saturated heterocycles. The van der Waals surface area contributed by atoms with Crippen LogP contribution in [0, 0.1) is 13.8 Å². The van der Waals surface area contributed by atoms with Gasteiger partial charge in [0.1, 0.15) is 5.39 Å². The predicted octanol–water partition coefficient (Wildman–Crippen LogP) is 3.97. The summed E-state index contributed by atoms with van der Waals surface area (Å²) in [4.78, 5) is 23.4. The lowest BCUT2D eigenvalue weighted by atomic mass is 10.1. The Morgan fingerprint density at radius 2 is 1.64 bits per heavy atom. The summed E-state index contributed by atoms with van der Waals surface area (Å²) in [6.07, 6.45) is 1.73. The second-order valence-electron chi connectivity index (χ2n) is 9.72. The SMILES string of the molecule is CC.CC(C)(F)F.Cc1cc(Nc2nc3c(c[nH+]2)c(=O)n(-c2ccccc2C)n3C)ccc1N1CC[NH2+]CC1. The van der Waals surface area contributed by atoms with E-state index in [1.165, 1.54) is 11.3 Å². The first-order valence-electron chi connectivity index (χ1n) is 13.4. The van der Waals surface area contributed by atoms with Gasteiger partial charge in [-0.15, -0.1) is 0 Å². The molecule has 10 heteroatoms. The second-order valence-corrected chi connectivity index (χ2v) is 9.72. The number of nitrogens with one attached hydrogen (secondary N) is 2. The first-order valence-corrected chi connectivity index (χ1v) is 13.4. The summed E-state index contributed by atoms with van der Waals surface area (Å²) in [7, 11) is 1.86. The predicted molar refractivity (Wildman–Crippen MR) is 154 cm³/mol. The normalized spacial score (nSPS) is 13.3.